The van der Waals surface area contributed by atoms with Gasteiger partial charge in [0.15, 0.2) is 0 Å². The third kappa shape index (κ3) is 15.0. The summed E-state index contributed by atoms with van der Waals surface area (Å²) in [6, 6.07) is 27.5. The Balaban J connectivity index is 0.000000268. The van der Waals surface area contributed by atoms with Crippen LogP contribution >= 0.6 is 9.03 Å². The van der Waals surface area contributed by atoms with Crippen LogP contribution in [-0.4, -0.2) is 33.5 Å². The molecule has 0 saturated heterocycles. The summed E-state index contributed by atoms with van der Waals surface area (Å²) in [5.74, 6) is 1.28. The van der Waals surface area contributed by atoms with Gasteiger partial charge in [-0.15, -0.1) is 0 Å². The van der Waals surface area contributed by atoms with Crippen molar-refractivity contribution in [1.82, 2.24) is 0 Å². The summed E-state index contributed by atoms with van der Waals surface area (Å²) in [5, 5.41) is 26.5. The van der Waals surface area contributed by atoms with Gasteiger partial charge in [0, 0.05) is 0 Å². The highest BCUT2D eigenvalue weighted by Crippen LogP contribution is 2.24. The number of benzene rings is 3. The molecule has 3 aromatic rings. The lowest BCUT2D eigenvalue weighted by molar-refractivity contribution is 0.0695. The van der Waals surface area contributed by atoms with Crippen LogP contribution < -0.4 is 9.05 Å². The average molecular weight is 487 g/mol. The number of hydrogen-bond donors (Lipinski definition) is 3. The Morgan fingerprint density at radius 2 is 1.15 bits per heavy atom. The minimum atomic E-state index is -0.879. The van der Waals surface area contributed by atoms with Gasteiger partial charge in [0.1, 0.15) is 11.5 Å². The summed E-state index contributed by atoms with van der Waals surface area (Å²) >= 11 is 0. The van der Waals surface area contributed by atoms with Gasteiger partial charge in [-0.25, -0.2) is 4.79 Å². The Morgan fingerprint density at radius 1 is 0.735 bits per heavy atom. The molecule has 3 rings (SSSR count). The van der Waals surface area contributed by atoms with Crippen molar-refractivity contribution in [3.8, 4) is 11.5 Å². The molecule has 2 atom stereocenters. The molecular weight excluding hydrogens is 451 g/mol. The van der Waals surface area contributed by atoms with Crippen LogP contribution in [0.5, 0.6) is 11.5 Å². The summed E-state index contributed by atoms with van der Waals surface area (Å²) in [5.41, 5.74) is 0.331. The second kappa shape index (κ2) is 17.5. The van der Waals surface area contributed by atoms with Crippen molar-refractivity contribution < 1.29 is 29.2 Å². The second-order valence-corrected chi connectivity index (χ2v) is 8.53. The van der Waals surface area contributed by atoms with Crippen LogP contribution in [0.4, 0.5) is 0 Å². The van der Waals surface area contributed by atoms with Crippen LogP contribution in [0.2, 0.25) is 0 Å². The summed E-state index contributed by atoms with van der Waals surface area (Å²) in [6.45, 7) is 5.82. The van der Waals surface area contributed by atoms with E-state index in [9.17, 15) is 9.90 Å². The molecule has 0 aliphatic carbocycles. The zero-order chi connectivity index (χ0) is 25.2. The van der Waals surface area contributed by atoms with Gasteiger partial charge >= 0.3 is 5.97 Å². The topological polar surface area (TPSA) is 96.2 Å². The molecule has 0 heterocycles. The van der Waals surface area contributed by atoms with Gasteiger partial charge in [-0.05, 0) is 62.1 Å². The highest BCUT2D eigenvalue weighted by atomic mass is 31.1. The monoisotopic (exact) mass is 486 g/mol. The molecule has 184 valence electrons. The third-order valence-electron chi connectivity index (χ3n) is 4.18. The number of para-hydroxylation sites is 2. The smallest absolute Gasteiger partial charge is 0.335 e. The van der Waals surface area contributed by atoms with Crippen molar-refractivity contribution in [2.45, 2.75) is 45.8 Å². The predicted octanol–water partition coefficient (Wildman–Crippen LogP) is 6.20. The minimum absolute atomic E-state index is 0.0129. The van der Waals surface area contributed by atoms with Crippen LogP contribution in [0, 0.1) is 5.92 Å². The van der Waals surface area contributed by atoms with E-state index in [1.165, 1.54) is 0 Å². The van der Waals surface area contributed by atoms with E-state index < -0.39 is 5.97 Å². The quantitative estimate of drug-likeness (QED) is 0.312. The number of carboxylic acids is 1. The maximum absolute atomic E-state index is 10.2. The van der Waals surface area contributed by atoms with E-state index >= 15 is 0 Å². The lowest BCUT2D eigenvalue weighted by Gasteiger charge is -2.13. The molecule has 3 N–H and O–H groups in total. The number of rotatable bonds is 9. The van der Waals surface area contributed by atoms with E-state index in [1.807, 2.05) is 60.7 Å². The van der Waals surface area contributed by atoms with Gasteiger partial charge in [0.25, 0.3) is 9.03 Å². The Morgan fingerprint density at radius 3 is 1.47 bits per heavy atom. The van der Waals surface area contributed by atoms with E-state index in [0.29, 0.717) is 17.9 Å². The third-order valence-corrected chi connectivity index (χ3v) is 4.82. The fourth-order valence-corrected chi connectivity index (χ4v) is 3.22. The van der Waals surface area contributed by atoms with Crippen molar-refractivity contribution >= 4 is 15.0 Å². The molecule has 0 aliphatic rings. The Hall–Kier alpha value is -2.92. The minimum Gasteiger partial charge on any atom is -0.478 e. The molecule has 0 aromatic heterocycles. The average Bonchev–Trinajstić information content (AvgIpc) is 2.81. The molecule has 0 fully saturated rings. The number of aliphatic hydroxyl groups excluding tert-OH is 2. The predicted molar refractivity (Wildman–Crippen MR) is 138 cm³/mol. The first-order chi connectivity index (χ1) is 16.3. The molecule has 0 amide bonds. The summed E-state index contributed by atoms with van der Waals surface area (Å²) in [7, 11) is -0.0129. The molecule has 2 unspecified atom stereocenters. The summed E-state index contributed by atoms with van der Waals surface area (Å²) in [6.07, 6.45) is 0.567. The Bertz CT molecular complexity index is 839. The molecular formula is C27H35O6P. The molecule has 3 aromatic carbocycles. The molecule has 0 aliphatic heterocycles. The first-order valence-electron chi connectivity index (χ1n) is 11.1. The number of hydrogen-bond acceptors (Lipinski definition) is 5. The van der Waals surface area contributed by atoms with Gasteiger partial charge in [-0.2, -0.15) is 0 Å². The highest BCUT2D eigenvalue weighted by Gasteiger charge is 2.09. The fraction of sp³-hybridized carbons (Fsp3) is 0.296. The first kappa shape index (κ1) is 29.1. The van der Waals surface area contributed by atoms with Crippen LogP contribution in [0.25, 0.3) is 0 Å². The number of aromatic carboxylic acids is 1. The van der Waals surface area contributed by atoms with Crippen LogP contribution in [-0.2, 0) is 0 Å². The van der Waals surface area contributed by atoms with Crippen molar-refractivity contribution in [1.29, 1.82) is 0 Å². The Kier molecular flexibility index (Phi) is 15.0. The molecule has 7 heteroatoms. The zero-order valence-corrected chi connectivity index (χ0v) is 20.9. The summed E-state index contributed by atoms with van der Waals surface area (Å²) in [4.78, 5) is 10.2. The van der Waals surface area contributed by atoms with Gasteiger partial charge in [0.2, 0.25) is 0 Å². The van der Waals surface area contributed by atoms with Gasteiger partial charge < -0.3 is 24.4 Å². The lowest BCUT2D eigenvalue weighted by atomic mass is 10.0. The fourth-order valence-electron chi connectivity index (χ4n) is 2.71. The molecule has 0 spiro atoms. The van der Waals surface area contributed by atoms with Crippen LogP contribution in [0.15, 0.2) is 91.0 Å². The first-order valence-corrected chi connectivity index (χ1v) is 11.9. The molecule has 34 heavy (non-hydrogen) atoms. The highest BCUT2D eigenvalue weighted by molar-refractivity contribution is 7.27. The maximum atomic E-state index is 10.2. The number of carboxylic acid groups (broad SMARTS) is 1. The standard InChI is InChI=1S/C12H11O2P.C8H18O2.C7H6O2/c1-3-7-11(8-4-1)13-15-14-12-9-5-2-6-10-12;1-6(2)4-8(10)5-7(3)9;8-7(9)6-4-2-1-3-5-6/h1-10,15H;6-10H,4-5H2,1-3H3;1-5H,(H,8,9). The van der Waals surface area contributed by atoms with Crippen molar-refractivity contribution in [3.05, 3.63) is 96.6 Å². The van der Waals surface area contributed by atoms with Gasteiger partial charge in [-0.3, -0.25) is 0 Å². The molecule has 0 saturated carbocycles. The lowest BCUT2D eigenvalue weighted by Crippen LogP contribution is -2.16. The van der Waals surface area contributed by atoms with Crippen molar-refractivity contribution in [2.24, 2.45) is 5.92 Å². The van der Waals surface area contributed by atoms with Crippen molar-refractivity contribution in [3.63, 3.8) is 0 Å². The number of carbonyl (C=O) groups is 1. The van der Waals surface area contributed by atoms with E-state index in [4.69, 9.17) is 19.3 Å². The van der Waals surface area contributed by atoms with Crippen LogP contribution in [0.1, 0.15) is 44.0 Å². The van der Waals surface area contributed by atoms with Gasteiger partial charge in [-0.1, -0.05) is 68.4 Å². The number of aliphatic hydroxyl groups is 2. The summed E-state index contributed by atoms with van der Waals surface area (Å²) < 4.78 is 10.8. The normalized spacial score (nSPS) is 11.7. The van der Waals surface area contributed by atoms with E-state index in [-0.39, 0.29) is 21.2 Å². The zero-order valence-electron chi connectivity index (χ0n) is 19.9. The Labute approximate surface area is 204 Å². The molecule has 0 radical (unpaired) electrons. The SMILES string of the molecule is CC(C)CC(O)CC(C)O.O=C(O)c1ccccc1.c1ccc(OPOc2ccccc2)cc1. The maximum Gasteiger partial charge on any atom is 0.335 e. The largest absolute Gasteiger partial charge is 0.478 e. The van der Waals surface area contributed by atoms with E-state index in [1.54, 1.807) is 37.3 Å². The molecule has 6 nitrogen and oxygen atoms in total. The van der Waals surface area contributed by atoms with Crippen molar-refractivity contribution in [2.75, 3.05) is 0 Å². The van der Waals surface area contributed by atoms with Gasteiger partial charge in [0.05, 0.1) is 17.8 Å². The molecule has 0 bridgehead atoms. The van der Waals surface area contributed by atoms with E-state index in [0.717, 1.165) is 17.9 Å². The van der Waals surface area contributed by atoms with E-state index in [2.05, 4.69) is 13.8 Å². The second-order valence-electron chi connectivity index (χ2n) is 7.95. The van der Waals surface area contributed by atoms with Crippen LogP contribution in [0.3, 0.4) is 0 Å².